The first-order valence-corrected chi connectivity index (χ1v) is 8.00. The molecule has 5 nitrogen and oxygen atoms in total. The Morgan fingerprint density at radius 1 is 1.32 bits per heavy atom. The number of ether oxygens (including phenoxy) is 2. The highest BCUT2D eigenvalue weighted by Crippen LogP contribution is 2.27. The fraction of sp³-hybridized carbons (Fsp3) is 0.588. The molecule has 0 amide bonds. The Bertz CT molecular complexity index is 708. The SMILES string of the molecule is CC(C)n1c(=O)n(C)c2c(OCC3CCOCC3)cccc21. The van der Waals surface area contributed by atoms with Crippen molar-refractivity contribution in [3.8, 4) is 5.75 Å². The van der Waals surface area contributed by atoms with E-state index in [2.05, 4.69) is 0 Å². The Morgan fingerprint density at radius 2 is 2.05 bits per heavy atom. The zero-order valence-corrected chi connectivity index (χ0v) is 13.5. The first-order valence-electron chi connectivity index (χ1n) is 8.00. The Morgan fingerprint density at radius 3 is 2.73 bits per heavy atom. The first kappa shape index (κ1) is 15.2. The number of imidazole rings is 1. The fourth-order valence-corrected chi connectivity index (χ4v) is 3.14. The molecule has 1 fully saturated rings. The minimum atomic E-state index is 0.00659. The van der Waals surface area contributed by atoms with Crippen LogP contribution in [0.3, 0.4) is 0 Å². The smallest absolute Gasteiger partial charge is 0.329 e. The van der Waals surface area contributed by atoms with E-state index in [-0.39, 0.29) is 11.7 Å². The van der Waals surface area contributed by atoms with Crippen LogP contribution in [0.4, 0.5) is 0 Å². The summed E-state index contributed by atoms with van der Waals surface area (Å²) in [6.45, 7) is 6.37. The fourth-order valence-electron chi connectivity index (χ4n) is 3.14. The van der Waals surface area contributed by atoms with Crippen molar-refractivity contribution in [1.29, 1.82) is 0 Å². The second kappa shape index (κ2) is 6.16. The van der Waals surface area contributed by atoms with Gasteiger partial charge >= 0.3 is 5.69 Å². The van der Waals surface area contributed by atoms with Crippen molar-refractivity contribution in [2.75, 3.05) is 19.8 Å². The lowest BCUT2D eigenvalue weighted by Gasteiger charge is -2.22. The van der Waals surface area contributed by atoms with Gasteiger partial charge in [-0.2, -0.15) is 0 Å². The molecule has 1 aliphatic heterocycles. The summed E-state index contributed by atoms with van der Waals surface area (Å²) in [5.74, 6) is 1.33. The lowest BCUT2D eigenvalue weighted by Crippen LogP contribution is -2.23. The average molecular weight is 304 g/mol. The lowest BCUT2D eigenvalue weighted by atomic mass is 10.0. The normalized spacial score (nSPS) is 16.5. The van der Waals surface area contributed by atoms with Gasteiger partial charge in [-0.3, -0.25) is 9.13 Å². The molecule has 2 heterocycles. The number of hydrogen-bond acceptors (Lipinski definition) is 3. The van der Waals surface area contributed by atoms with Crippen LogP contribution in [-0.2, 0) is 11.8 Å². The van der Waals surface area contributed by atoms with Crippen molar-refractivity contribution in [3.63, 3.8) is 0 Å². The van der Waals surface area contributed by atoms with Crippen LogP contribution in [0.5, 0.6) is 5.75 Å². The standard InChI is InChI=1S/C17H24N2O3/c1-12(2)19-14-5-4-6-15(16(14)18(3)17(19)20)22-11-13-7-9-21-10-8-13/h4-6,12-13H,7-11H2,1-3H3. The minimum absolute atomic E-state index is 0.00659. The summed E-state index contributed by atoms with van der Waals surface area (Å²) in [6.07, 6.45) is 2.09. The number of para-hydroxylation sites is 1. The molecule has 0 unspecified atom stereocenters. The largest absolute Gasteiger partial charge is 0.491 e. The number of aromatic nitrogens is 2. The molecule has 1 saturated heterocycles. The van der Waals surface area contributed by atoms with Gasteiger partial charge in [0.05, 0.1) is 12.1 Å². The summed E-state index contributed by atoms with van der Waals surface area (Å²) < 4.78 is 14.9. The predicted octanol–water partition coefficient (Wildman–Crippen LogP) is 2.73. The van der Waals surface area contributed by atoms with Crippen LogP contribution in [0.15, 0.2) is 23.0 Å². The van der Waals surface area contributed by atoms with E-state index in [1.54, 1.807) is 4.57 Å². The van der Waals surface area contributed by atoms with Crippen LogP contribution < -0.4 is 10.4 Å². The van der Waals surface area contributed by atoms with Gasteiger partial charge in [0.15, 0.2) is 0 Å². The van der Waals surface area contributed by atoms with E-state index >= 15 is 0 Å². The number of rotatable bonds is 4. The predicted molar refractivity (Wildman–Crippen MR) is 86.6 cm³/mol. The van der Waals surface area contributed by atoms with Crippen LogP contribution in [0.1, 0.15) is 32.7 Å². The molecule has 0 atom stereocenters. The van der Waals surface area contributed by atoms with E-state index in [1.807, 2.05) is 43.7 Å². The van der Waals surface area contributed by atoms with Gasteiger partial charge in [0.2, 0.25) is 0 Å². The van der Waals surface area contributed by atoms with E-state index in [1.165, 1.54) is 0 Å². The summed E-state index contributed by atoms with van der Waals surface area (Å²) in [4.78, 5) is 12.4. The van der Waals surface area contributed by atoms with Gasteiger partial charge in [0, 0.05) is 26.3 Å². The molecule has 0 N–H and O–H groups in total. The van der Waals surface area contributed by atoms with E-state index in [0.29, 0.717) is 12.5 Å². The molecular formula is C17H24N2O3. The van der Waals surface area contributed by atoms with Gasteiger partial charge < -0.3 is 9.47 Å². The monoisotopic (exact) mass is 304 g/mol. The Labute approximate surface area is 130 Å². The maximum absolute atomic E-state index is 12.4. The van der Waals surface area contributed by atoms with Crippen molar-refractivity contribution in [2.24, 2.45) is 13.0 Å². The molecule has 0 spiro atoms. The zero-order valence-electron chi connectivity index (χ0n) is 13.5. The molecule has 22 heavy (non-hydrogen) atoms. The number of fused-ring (bicyclic) bond motifs is 1. The molecule has 0 saturated carbocycles. The van der Waals surface area contributed by atoms with Gasteiger partial charge in [-0.1, -0.05) is 6.07 Å². The Balaban J connectivity index is 1.93. The topological polar surface area (TPSA) is 45.4 Å². The van der Waals surface area contributed by atoms with E-state index in [0.717, 1.165) is 42.8 Å². The lowest BCUT2D eigenvalue weighted by molar-refractivity contribution is 0.0499. The van der Waals surface area contributed by atoms with Gasteiger partial charge in [-0.05, 0) is 44.7 Å². The highest BCUT2D eigenvalue weighted by molar-refractivity contribution is 5.82. The summed E-state index contributed by atoms with van der Waals surface area (Å²) in [5.41, 5.74) is 1.83. The summed E-state index contributed by atoms with van der Waals surface area (Å²) >= 11 is 0. The number of nitrogens with zero attached hydrogens (tertiary/aromatic N) is 2. The Hall–Kier alpha value is -1.75. The third-order valence-electron chi connectivity index (χ3n) is 4.40. The van der Waals surface area contributed by atoms with Gasteiger partial charge in [0.25, 0.3) is 0 Å². The molecule has 1 aromatic carbocycles. The molecule has 5 heteroatoms. The number of hydrogen-bond donors (Lipinski definition) is 0. The summed E-state index contributed by atoms with van der Waals surface area (Å²) in [7, 11) is 1.81. The van der Waals surface area contributed by atoms with Crippen LogP contribution >= 0.6 is 0 Å². The third-order valence-corrected chi connectivity index (χ3v) is 4.40. The molecule has 3 rings (SSSR count). The average Bonchev–Trinajstić information content (AvgIpc) is 2.78. The number of benzene rings is 1. The highest BCUT2D eigenvalue weighted by atomic mass is 16.5. The van der Waals surface area contributed by atoms with Crippen molar-refractivity contribution >= 4 is 11.0 Å². The molecule has 120 valence electrons. The summed E-state index contributed by atoms with van der Waals surface area (Å²) in [5, 5.41) is 0. The quantitative estimate of drug-likeness (QED) is 0.872. The second-order valence-electron chi connectivity index (χ2n) is 6.30. The van der Waals surface area contributed by atoms with Crippen LogP contribution in [-0.4, -0.2) is 29.0 Å². The first-order chi connectivity index (χ1) is 10.6. The maximum Gasteiger partial charge on any atom is 0.329 e. The summed E-state index contributed by atoms with van der Waals surface area (Å²) in [6, 6.07) is 6.02. The molecule has 1 aliphatic rings. The van der Waals surface area contributed by atoms with E-state index in [9.17, 15) is 4.79 Å². The number of aryl methyl sites for hydroxylation is 1. The molecule has 0 aliphatic carbocycles. The third kappa shape index (κ3) is 2.65. The van der Waals surface area contributed by atoms with Crippen LogP contribution in [0.2, 0.25) is 0 Å². The van der Waals surface area contributed by atoms with Crippen LogP contribution in [0.25, 0.3) is 11.0 Å². The molecule has 0 radical (unpaired) electrons. The van der Waals surface area contributed by atoms with Gasteiger partial charge in [0.1, 0.15) is 11.3 Å². The molecule has 1 aromatic heterocycles. The van der Waals surface area contributed by atoms with Crippen LogP contribution in [0, 0.1) is 5.92 Å². The van der Waals surface area contributed by atoms with E-state index < -0.39 is 0 Å². The Kier molecular flexibility index (Phi) is 4.25. The van der Waals surface area contributed by atoms with Crippen molar-refractivity contribution < 1.29 is 9.47 Å². The van der Waals surface area contributed by atoms with E-state index in [4.69, 9.17) is 9.47 Å². The van der Waals surface area contributed by atoms with Crippen molar-refractivity contribution in [1.82, 2.24) is 9.13 Å². The second-order valence-corrected chi connectivity index (χ2v) is 6.30. The zero-order chi connectivity index (χ0) is 15.7. The molecular weight excluding hydrogens is 280 g/mol. The van der Waals surface area contributed by atoms with Gasteiger partial charge in [-0.15, -0.1) is 0 Å². The minimum Gasteiger partial charge on any atom is -0.491 e. The molecule has 0 bridgehead atoms. The highest BCUT2D eigenvalue weighted by Gasteiger charge is 2.18. The maximum atomic E-state index is 12.4. The van der Waals surface area contributed by atoms with Crippen molar-refractivity contribution in [2.45, 2.75) is 32.7 Å². The van der Waals surface area contributed by atoms with Crippen molar-refractivity contribution in [3.05, 3.63) is 28.7 Å². The van der Waals surface area contributed by atoms with Gasteiger partial charge in [-0.25, -0.2) is 4.79 Å². The molecule has 2 aromatic rings.